The first-order valence-corrected chi connectivity index (χ1v) is 7.03. The summed E-state index contributed by atoms with van der Waals surface area (Å²) in [4.78, 5) is 12.6. The Labute approximate surface area is 123 Å². The summed E-state index contributed by atoms with van der Waals surface area (Å²) >= 11 is 0. The number of nitriles is 1. The van der Waals surface area contributed by atoms with Gasteiger partial charge in [0.05, 0.1) is 17.0 Å². The van der Waals surface area contributed by atoms with Crippen LogP contribution in [0, 0.1) is 11.3 Å². The Morgan fingerprint density at radius 1 is 1.14 bits per heavy atom. The molecule has 2 aliphatic rings. The Bertz CT molecular complexity index is 803. The average Bonchev–Trinajstić information content (AvgIpc) is 3.06. The molecule has 1 amide bonds. The van der Waals surface area contributed by atoms with Crippen LogP contribution in [0.1, 0.15) is 30.0 Å². The van der Waals surface area contributed by atoms with Crippen LogP contribution in [0.25, 0.3) is 0 Å². The minimum atomic E-state index is -0.447. The highest BCUT2D eigenvalue weighted by Crippen LogP contribution is 2.68. The van der Waals surface area contributed by atoms with Gasteiger partial charge < -0.3 is 5.32 Å². The topological polar surface area (TPSA) is 52.9 Å². The molecule has 0 saturated heterocycles. The summed E-state index contributed by atoms with van der Waals surface area (Å²) in [7, 11) is 0. The third kappa shape index (κ3) is 1.34. The SMILES string of the molecule is C[C@@]1(c2ccc(C#N)cc2)C[C@@]12C(=O)Nc1ccccc12. The van der Waals surface area contributed by atoms with E-state index in [0.717, 1.165) is 23.2 Å². The van der Waals surface area contributed by atoms with Gasteiger partial charge in [-0.1, -0.05) is 37.3 Å². The molecule has 0 bridgehead atoms. The largest absolute Gasteiger partial charge is 0.325 e. The van der Waals surface area contributed by atoms with Crippen LogP contribution >= 0.6 is 0 Å². The summed E-state index contributed by atoms with van der Waals surface area (Å²) in [5, 5.41) is 11.9. The molecule has 2 aromatic carbocycles. The monoisotopic (exact) mass is 274 g/mol. The molecule has 4 rings (SSSR count). The maximum Gasteiger partial charge on any atom is 0.236 e. The number of benzene rings is 2. The second-order valence-corrected chi connectivity index (χ2v) is 6.10. The molecule has 1 heterocycles. The minimum Gasteiger partial charge on any atom is -0.325 e. The lowest BCUT2D eigenvalue weighted by atomic mass is 9.83. The third-order valence-corrected chi connectivity index (χ3v) is 5.11. The maximum absolute atomic E-state index is 12.6. The lowest BCUT2D eigenvalue weighted by Crippen LogP contribution is -2.27. The van der Waals surface area contributed by atoms with Crippen molar-refractivity contribution in [1.82, 2.24) is 0 Å². The predicted molar refractivity (Wildman–Crippen MR) is 79.9 cm³/mol. The van der Waals surface area contributed by atoms with Crippen molar-refractivity contribution in [3.63, 3.8) is 0 Å². The zero-order chi connectivity index (χ0) is 14.7. The van der Waals surface area contributed by atoms with E-state index in [0.29, 0.717) is 5.56 Å². The van der Waals surface area contributed by atoms with E-state index in [2.05, 4.69) is 18.3 Å². The summed E-state index contributed by atoms with van der Waals surface area (Å²) in [6.45, 7) is 2.13. The van der Waals surface area contributed by atoms with Gasteiger partial charge in [0.2, 0.25) is 5.91 Å². The average molecular weight is 274 g/mol. The first kappa shape index (κ1) is 12.2. The minimum absolute atomic E-state index is 0.0931. The first-order valence-electron chi connectivity index (χ1n) is 7.03. The first-order chi connectivity index (χ1) is 10.1. The standard InChI is InChI=1S/C18H14N2O/c1-17(13-8-6-12(10-19)7-9-13)11-18(17)14-4-2-3-5-15(14)20-16(18)21/h2-9H,11H2,1H3,(H,20,21)/t17-,18+/m0/s1. The molecule has 2 atom stereocenters. The number of carbonyl (C=O) groups excluding carboxylic acids is 1. The summed E-state index contributed by atoms with van der Waals surface area (Å²) < 4.78 is 0. The molecule has 2 aromatic rings. The molecule has 0 unspecified atom stereocenters. The zero-order valence-corrected chi connectivity index (χ0v) is 11.7. The Morgan fingerprint density at radius 3 is 2.57 bits per heavy atom. The fraction of sp³-hybridized carbons (Fsp3) is 0.222. The maximum atomic E-state index is 12.6. The zero-order valence-electron chi connectivity index (χ0n) is 11.7. The van der Waals surface area contributed by atoms with Gasteiger partial charge in [-0.2, -0.15) is 5.26 Å². The van der Waals surface area contributed by atoms with Crippen molar-refractivity contribution in [2.24, 2.45) is 0 Å². The Hall–Kier alpha value is -2.60. The molecular weight excluding hydrogens is 260 g/mol. The molecule has 102 valence electrons. The number of anilines is 1. The molecule has 1 N–H and O–H groups in total. The Kier molecular flexibility index (Phi) is 2.16. The van der Waals surface area contributed by atoms with Crippen LogP contribution in [0.15, 0.2) is 48.5 Å². The van der Waals surface area contributed by atoms with E-state index in [4.69, 9.17) is 5.26 Å². The lowest BCUT2D eigenvalue weighted by Gasteiger charge is -2.17. The highest BCUT2D eigenvalue weighted by atomic mass is 16.2. The van der Waals surface area contributed by atoms with E-state index in [1.807, 2.05) is 48.5 Å². The van der Waals surface area contributed by atoms with Crippen LogP contribution in [0.5, 0.6) is 0 Å². The van der Waals surface area contributed by atoms with Crippen molar-refractivity contribution < 1.29 is 4.79 Å². The van der Waals surface area contributed by atoms with Crippen LogP contribution in [0.3, 0.4) is 0 Å². The van der Waals surface area contributed by atoms with Gasteiger partial charge in [-0.25, -0.2) is 0 Å². The normalized spacial score (nSPS) is 28.9. The van der Waals surface area contributed by atoms with Crippen molar-refractivity contribution in [3.05, 3.63) is 65.2 Å². The highest BCUT2D eigenvalue weighted by Gasteiger charge is 2.73. The number of nitrogens with zero attached hydrogens (tertiary/aromatic N) is 1. The molecule has 0 aromatic heterocycles. The van der Waals surface area contributed by atoms with Gasteiger partial charge in [-0.3, -0.25) is 4.79 Å². The molecule has 3 heteroatoms. The molecule has 1 spiro atoms. The van der Waals surface area contributed by atoms with Gasteiger partial charge in [0.1, 0.15) is 0 Å². The van der Waals surface area contributed by atoms with Crippen LogP contribution in [-0.4, -0.2) is 5.91 Å². The second-order valence-electron chi connectivity index (χ2n) is 6.10. The molecule has 1 aliphatic heterocycles. The number of para-hydroxylation sites is 1. The van der Waals surface area contributed by atoms with E-state index in [1.165, 1.54) is 0 Å². The Morgan fingerprint density at radius 2 is 1.86 bits per heavy atom. The number of rotatable bonds is 1. The third-order valence-electron chi connectivity index (χ3n) is 5.11. The lowest BCUT2D eigenvalue weighted by molar-refractivity contribution is -0.118. The smallest absolute Gasteiger partial charge is 0.236 e. The predicted octanol–water partition coefficient (Wildman–Crippen LogP) is 3.11. The molecule has 1 aliphatic carbocycles. The van der Waals surface area contributed by atoms with E-state index in [9.17, 15) is 4.79 Å². The number of amides is 1. The molecule has 1 fully saturated rings. The molecule has 0 radical (unpaired) electrons. The van der Waals surface area contributed by atoms with Crippen molar-refractivity contribution >= 4 is 11.6 Å². The fourth-order valence-electron chi connectivity index (χ4n) is 3.79. The van der Waals surface area contributed by atoms with Gasteiger partial charge in [0, 0.05) is 11.1 Å². The summed E-state index contributed by atoms with van der Waals surface area (Å²) in [6, 6.07) is 17.7. The number of fused-ring (bicyclic) bond motifs is 2. The van der Waals surface area contributed by atoms with Crippen LogP contribution in [-0.2, 0) is 15.6 Å². The number of carbonyl (C=O) groups is 1. The summed E-state index contributed by atoms with van der Waals surface area (Å²) in [5.74, 6) is 0.0931. The van der Waals surface area contributed by atoms with E-state index < -0.39 is 5.41 Å². The van der Waals surface area contributed by atoms with Gasteiger partial charge in [-0.15, -0.1) is 0 Å². The van der Waals surface area contributed by atoms with Gasteiger partial charge in [0.15, 0.2) is 0 Å². The van der Waals surface area contributed by atoms with E-state index in [-0.39, 0.29) is 11.3 Å². The van der Waals surface area contributed by atoms with Crippen molar-refractivity contribution in [1.29, 1.82) is 5.26 Å². The van der Waals surface area contributed by atoms with Gasteiger partial charge in [-0.05, 0) is 35.7 Å². The van der Waals surface area contributed by atoms with Crippen molar-refractivity contribution in [3.8, 4) is 6.07 Å². The molecular formula is C18H14N2O. The van der Waals surface area contributed by atoms with Crippen LogP contribution < -0.4 is 5.32 Å². The van der Waals surface area contributed by atoms with E-state index >= 15 is 0 Å². The van der Waals surface area contributed by atoms with Crippen molar-refractivity contribution in [2.45, 2.75) is 24.2 Å². The van der Waals surface area contributed by atoms with Crippen LogP contribution in [0.2, 0.25) is 0 Å². The van der Waals surface area contributed by atoms with E-state index in [1.54, 1.807) is 0 Å². The highest BCUT2D eigenvalue weighted by molar-refractivity contribution is 6.10. The fourth-order valence-corrected chi connectivity index (χ4v) is 3.79. The summed E-state index contributed by atoms with van der Waals surface area (Å²) in [6.07, 6.45) is 0.814. The molecule has 1 saturated carbocycles. The number of hydrogen-bond acceptors (Lipinski definition) is 2. The van der Waals surface area contributed by atoms with Gasteiger partial charge >= 0.3 is 0 Å². The number of hydrogen-bond donors (Lipinski definition) is 1. The molecule has 21 heavy (non-hydrogen) atoms. The second kappa shape index (κ2) is 3.73. The molecule has 3 nitrogen and oxygen atoms in total. The van der Waals surface area contributed by atoms with Gasteiger partial charge in [0.25, 0.3) is 0 Å². The quantitative estimate of drug-likeness (QED) is 0.868. The number of nitrogens with one attached hydrogen (secondary N) is 1. The summed E-state index contributed by atoms with van der Waals surface area (Å²) in [5.41, 5.74) is 3.15. The van der Waals surface area contributed by atoms with Crippen LogP contribution in [0.4, 0.5) is 5.69 Å². The Balaban J connectivity index is 1.82. The van der Waals surface area contributed by atoms with Crippen molar-refractivity contribution in [2.75, 3.05) is 5.32 Å².